The van der Waals surface area contributed by atoms with E-state index in [1.165, 1.54) is 12.8 Å². The number of ether oxygens (including phenoxy) is 1. The number of rotatable bonds is 8. The van der Waals surface area contributed by atoms with Crippen LogP contribution in [0, 0.1) is 12.8 Å². The lowest BCUT2D eigenvalue weighted by atomic mass is 10.3. The van der Waals surface area contributed by atoms with Crippen LogP contribution in [0.5, 0.6) is 0 Å². The zero-order valence-electron chi connectivity index (χ0n) is 11.2. The summed E-state index contributed by atoms with van der Waals surface area (Å²) in [4.78, 5) is 8.85. The van der Waals surface area contributed by atoms with Gasteiger partial charge in [-0.1, -0.05) is 12.2 Å². The molecule has 0 unspecified atom stereocenters. The van der Waals surface area contributed by atoms with E-state index >= 15 is 0 Å². The molecule has 0 atom stereocenters. The third-order valence-corrected chi connectivity index (χ3v) is 3.11. The van der Waals surface area contributed by atoms with Crippen molar-refractivity contribution in [1.29, 1.82) is 0 Å². The van der Waals surface area contributed by atoms with Crippen molar-refractivity contribution in [3.63, 3.8) is 0 Å². The lowest BCUT2D eigenvalue weighted by molar-refractivity contribution is 0.124. The van der Waals surface area contributed by atoms with E-state index in [-0.39, 0.29) is 0 Å². The average molecular weight is 280 g/mol. The fraction of sp³-hybridized carbons (Fsp3) is 0.615. The van der Waals surface area contributed by atoms with E-state index in [0.29, 0.717) is 16.6 Å². The van der Waals surface area contributed by atoms with Crippen molar-refractivity contribution < 1.29 is 4.74 Å². The normalized spacial score (nSPS) is 14.4. The van der Waals surface area contributed by atoms with Gasteiger partial charge in [0.1, 0.15) is 10.7 Å². The Labute approximate surface area is 119 Å². The Morgan fingerprint density at radius 3 is 3.00 bits per heavy atom. The van der Waals surface area contributed by atoms with Gasteiger partial charge in [-0.3, -0.25) is 0 Å². The molecule has 1 aliphatic carbocycles. The molecule has 0 saturated heterocycles. The van der Waals surface area contributed by atoms with E-state index < -0.39 is 0 Å². The molecule has 2 rings (SSSR count). The summed E-state index contributed by atoms with van der Waals surface area (Å²) >= 11 is 4.92. The van der Waals surface area contributed by atoms with E-state index in [0.717, 1.165) is 37.8 Å². The van der Waals surface area contributed by atoms with Crippen LogP contribution in [-0.2, 0) is 4.74 Å². The van der Waals surface area contributed by atoms with Crippen LogP contribution in [0.15, 0.2) is 6.07 Å². The number of anilines is 1. The van der Waals surface area contributed by atoms with Gasteiger partial charge < -0.3 is 15.8 Å². The summed E-state index contributed by atoms with van der Waals surface area (Å²) < 4.78 is 5.56. The van der Waals surface area contributed by atoms with Crippen molar-refractivity contribution in [2.45, 2.75) is 26.2 Å². The minimum atomic E-state index is 0.293. The first kappa shape index (κ1) is 14.1. The van der Waals surface area contributed by atoms with Gasteiger partial charge >= 0.3 is 0 Å². The molecule has 6 heteroatoms. The van der Waals surface area contributed by atoms with Crippen LogP contribution in [0.3, 0.4) is 0 Å². The quantitative estimate of drug-likeness (QED) is 0.557. The minimum Gasteiger partial charge on any atom is -0.388 e. The molecule has 1 heterocycles. The molecule has 1 saturated carbocycles. The number of nitrogens with zero attached hydrogens (tertiary/aromatic N) is 2. The lowest BCUT2D eigenvalue weighted by Gasteiger charge is -2.07. The average Bonchev–Trinajstić information content (AvgIpc) is 3.17. The maximum atomic E-state index is 5.57. The third-order valence-electron chi connectivity index (χ3n) is 2.91. The zero-order chi connectivity index (χ0) is 13.7. The fourth-order valence-electron chi connectivity index (χ4n) is 1.68. The number of nitrogens with two attached hydrogens (primary N) is 1. The van der Waals surface area contributed by atoms with Gasteiger partial charge in [0.2, 0.25) is 5.95 Å². The molecular formula is C13H20N4OS. The number of aryl methyl sites for hydroxylation is 1. The monoisotopic (exact) mass is 280 g/mol. The van der Waals surface area contributed by atoms with Crippen LogP contribution >= 0.6 is 12.2 Å². The highest BCUT2D eigenvalue weighted by Crippen LogP contribution is 2.28. The van der Waals surface area contributed by atoms with Crippen molar-refractivity contribution >= 4 is 23.2 Å². The Bertz CT molecular complexity index is 448. The summed E-state index contributed by atoms with van der Waals surface area (Å²) in [5.41, 5.74) is 7.03. The first-order valence-electron chi connectivity index (χ1n) is 6.62. The Hall–Kier alpha value is -1.27. The molecule has 1 fully saturated rings. The number of aromatic nitrogens is 2. The molecule has 5 nitrogen and oxygen atoms in total. The first-order valence-corrected chi connectivity index (χ1v) is 7.03. The van der Waals surface area contributed by atoms with Crippen molar-refractivity contribution in [3.8, 4) is 0 Å². The fourth-order valence-corrected chi connectivity index (χ4v) is 1.79. The summed E-state index contributed by atoms with van der Waals surface area (Å²) in [6.45, 7) is 4.36. The standard InChI is InChI=1S/C13H20N4OS/c1-9-7-11(12(14)19)17-13(16-9)15-5-2-6-18-8-10-3-4-10/h7,10H,2-6,8H2,1H3,(H2,14,19)(H,15,16,17). The zero-order valence-corrected chi connectivity index (χ0v) is 12.0. The summed E-state index contributed by atoms with van der Waals surface area (Å²) in [6, 6.07) is 1.78. The largest absolute Gasteiger partial charge is 0.388 e. The predicted octanol–water partition coefficient (Wildman–Crippen LogP) is 1.65. The molecule has 0 bridgehead atoms. The minimum absolute atomic E-state index is 0.293. The van der Waals surface area contributed by atoms with E-state index in [1.54, 1.807) is 6.07 Å². The number of nitrogens with one attached hydrogen (secondary N) is 1. The van der Waals surface area contributed by atoms with Crippen molar-refractivity contribution in [3.05, 3.63) is 17.5 Å². The highest BCUT2D eigenvalue weighted by atomic mass is 32.1. The summed E-state index contributed by atoms with van der Waals surface area (Å²) in [5, 5.41) is 3.17. The van der Waals surface area contributed by atoms with Crippen molar-refractivity contribution in [1.82, 2.24) is 9.97 Å². The van der Waals surface area contributed by atoms with Crippen molar-refractivity contribution in [2.24, 2.45) is 11.7 Å². The van der Waals surface area contributed by atoms with Crippen LogP contribution in [0.4, 0.5) is 5.95 Å². The molecule has 0 amide bonds. The molecule has 0 spiro atoms. The van der Waals surface area contributed by atoms with Crippen molar-refractivity contribution in [2.75, 3.05) is 25.1 Å². The SMILES string of the molecule is Cc1cc(C(N)=S)nc(NCCCOCC2CC2)n1. The van der Waals surface area contributed by atoms with E-state index in [1.807, 2.05) is 6.92 Å². The molecule has 1 aliphatic rings. The highest BCUT2D eigenvalue weighted by molar-refractivity contribution is 7.80. The first-order chi connectivity index (χ1) is 9.15. The molecule has 0 aromatic carbocycles. The van der Waals surface area contributed by atoms with E-state index in [4.69, 9.17) is 22.7 Å². The van der Waals surface area contributed by atoms with Crippen LogP contribution in [0.1, 0.15) is 30.7 Å². The molecule has 3 N–H and O–H groups in total. The molecule has 1 aromatic rings. The van der Waals surface area contributed by atoms with Crippen LogP contribution in [0.2, 0.25) is 0 Å². The van der Waals surface area contributed by atoms with Gasteiger partial charge in [0.15, 0.2) is 0 Å². The van der Waals surface area contributed by atoms with E-state index in [9.17, 15) is 0 Å². The van der Waals surface area contributed by atoms with Gasteiger partial charge in [0.05, 0.1) is 0 Å². The Kier molecular flexibility index (Phi) is 5.04. The van der Waals surface area contributed by atoms with Crippen LogP contribution in [0.25, 0.3) is 0 Å². The smallest absolute Gasteiger partial charge is 0.223 e. The summed E-state index contributed by atoms with van der Waals surface area (Å²) in [6.07, 6.45) is 3.60. The Morgan fingerprint density at radius 2 is 2.32 bits per heavy atom. The van der Waals surface area contributed by atoms with Crippen LogP contribution in [-0.4, -0.2) is 34.7 Å². The number of thiocarbonyl (C=S) groups is 1. The second kappa shape index (κ2) is 6.77. The van der Waals surface area contributed by atoms with Gasteiger partial charge in [-0.15, -0.1) is 0 Å². The maximum absolute atomic E-state index is 5.57. The summed E-state index contributed by atoms with van der Waals surface area (Å²) in [5.74, 6) is 1.39. The third kappa shape index (κ3) is 5.08. The Morgan fingerprint density at radius 1 is 1.53 bits per heavy atom. The van der Waals surface area contributed by atoms with Crippen LogP contribution < -0.4 is 11.1 Å². The van der Waals surface area contributed by atoms with E-state index in [2.05, 4.69) is 15.3 Å². The topological polar surface area (TPSA) is 73.1 Å². The predicted molar refractivity (Wildman–Crippen MR) is 79.3 cm³/mol. The molecule has 0 aliphatic heterocycles. The van der Waals surface area contributed by atoms with Gasteiger partial charge in [0.25, 0.3) is 0 Å². The second-order valence-corrected chi connectivity index (χ2v) is 5.32. The highest BCUT2D eigenvalue weighted by Gasteiger charge is 2.20. The van der Waals surface area contributed by atoms with Gasteiger partial charge in [-0.05, 0) is 38.2 Å². The molecular weight excluding hydrogens is 260 g/mol. The van der Waals surface area contributed by atoms with Gasteiger partial charge in [-0.25, -0.2) is 9.97 Å². The molecule has 104 valence electrons. The molecule has 0 radical (unpaired) electrons. The molecule has 19 heavy (non-hydrogen) atoms. The molecule has 1 aromatic heterocycles. The van der Waals surface area contributed by atoms with Gasteiger partial charge in [-0.2, -0.15) is 0 Å². The van der Waals surface area contributed by atoms with Gasteiger partial charge in [0, 0.05) is 25.5 Å². The Balaban J connectivity index is 1.70. The second-order valence-electron chi connectivity index (χ2n) is 4.88. The lowest BCUT2D eigenvalue weighted by Crippen LogP contribution is -2.15. The number of hydrogen-bond donors (Lipinski definition) is 2. The number of hydrogen-bond acceptors (Lipinski definition) is 5. The summed E-state index contributed by atoms with van der Waals surface area (Å²) in [7, 11) is 0. The maximum Gasteiger partial charge on any atom is 0.223 e.